The Kier molecular flexibility index (Phi) is 9.93. The van der Waals surface area contributed by atoms with Crippen LogP contribution in [0.2, 0.25) is 0 Å². The Morgan fingerprint density at radius 1 is 1.08 bits per heavy atom. The van der Waals surface area contributed by atoms with Gasteiger partial charge >= 0.3 is 0 Å². The van der Waals surface area contributed by atoms with E-state index in [2.05, 4.69) is 25.9 Å². The SMILES string of the molecule is CCN(C)C.CCN(C)C(C)=O. The topological polar surface area (TPSA) is 23.6 Å². The molecule has 0 aromatic heterocycles. The van der Waals surface area contributed by atoms with E-state index < -0.39 is 0 Å². The average Bonchev–Trinajstić information content (AvgIpc) is 2.04. The lowest BCUT2D eigenvalue weighted by Crippen LogP contribution is -2.22. The first-order chi connectivity index (χ1) is 5.45. The van der Waals surface area contributed by atoms with E-state index in [1.807, 2.05) is 6.92 Å². The summed E-state index contributed by atoms with van der Waals surface area (Å²) in [5.41, 5.74) is 0. The summed E-state index contributed by atoms with van der Waals surface area (Å²) in [6, 6.07) is 0. The van der Waals surface area contributed by atoms with Crippen LogP contribution in [0.3, 0.4) is 0 Å². The van der Waals surface area contributed by atoms with Gasteiger partial charge in [0.1, 0.15) is 0 Å². The minimum atomic E-state index is 0.127. The molecule has 0 saturated carbocycles. The normalized spacial score (nSPS) is 8.92. The third-order valence-electron chi connectivity index (χ3n) is 1.64. The summed E-state index contributed by atoms with van der Waals surface area (Å²) in [7, 11) is 5.89. The zero-order chi connectivity index (χ0) is 10.1. The summed E-state index contributed by atoms with van der Waals surface area (Å²) in [5, 5.41) is 0. The first kappa shape index (κ1) is 14.0. The van der Waals surface area contributed by atoms with Crippen molar-refractivity contribution in [1.29, 1.82) is 0 Å². The molecule has 0 aromatic carbocycles. The van der Waals surface area contributed by atoms with E-state index in [1.165, 1.54) is 0 Å². The van der Waals surface area contributed by atoms with Gasteiger partial charge in [0, 0.05) is 20.5 Å². The van der Waals surface area contributed by atoms with E-state index in [-0.39, 0.29) is 5.91 Å². The Morgan fingerprint density at radius 2 is 1.42 bits per heavy atom. The summed E-state index contributed by atoms with van der Waals surface area (Å²) < 4.78 is 0. The average molecular weight is 174 g/mol. The third-order valence-corrected chi connectivity index (χ3v) is 1.64. The van der Waals surface area contributed by atoms with E-state index in [4.69, 9.17) is 0 Å². The number of nitrogens with zero attached hydrogens (tertiary/aromatic N) is 2. The van der Waals surface area contributed by atoms with Crippen molar-refractivity contribution in [1.82, 2.24) is 9.80 Å². The van der Waals surface area contributed by atoms with Crippen LogP contribution in [0.1, 0.15) is 20.8 Å². The molecule has 0 fully saturated rings. The summed E-state index contributed by atoms with van der Waals surface area (Å²) in [6.07, 6.45) is 0. The molecule has 3 heteroatoms. The van der Waals surface area contributed by atoms with Gasteiger partial charge in [-0.15, -0.1) is 0 Å². The fourth-order valence-corrected chi connectivity index (χ4v) is 0.223. The summed E-state index contributed by atoms with van der Waals surface area (Å²) in [5.74, 6) is 0.127. The van der Waals surface area contributed by atoms with Crippen LogP contribution in [0, 0.1) is 0 Å². The van der Waals surface area contributed by atoms with Crippen molar-refractivity contribution in [3.05, 3.63) is 0 Å². The van der Waals surface area contributed by atoms with E-state index >= 15 is 0 Å². The number of rotatable bonds is 2. The van der Waals surface area contributed by atoms with Gasteiger partial charge in [-0.25, -0.2) is 0 Å². The van der Waals surface area contributed by atoms with Crippen LogP contribution >= 0.6 is 0 Å². The highest BCUT2D eigenvalue weighted by molar-refractivity contribution is 5.72. The predicted octanol–water partition coefficient (Wildman–Crippen LogP) is 1.05. The van der Waals surface area contributed by atoms with Gasteiger partial charge < -0.3 is 9.80 Å². The Morgan fingerprint density at radius 3 is 1.42 bits per heavy atom. The molecule has 0 unspecified atom stereocenters. The van der Waals surface area contributed by atoms with Crippen LogP contribution in [0.5, 0.6) is 0 Å². The molecule has 0 bridgehead atoms. The van der Waals surface area contributed by atoms with Crippen molar-refractivity contribution in [2.45, 2.75) is 20.8 Å². The maximum absolute atomic E-state index is 10.3. The van der Waals surface area contributed by atoms with Crippen LogP contribution in [0.25, 0.3) is 0 Å². The minimum Gasteiger partial charge on any atom is -0.346 e. The number of amides is 1. The zero-order valence-corrected chi connectivity index (χ0v) is 9.22. The lowest BCUT2D eigenvalue weighted by molar-refractivity contribution is -0.127. The van der Waals surface area contributed by atoms with Crippen molar-refractivity contribution in [2.75, 3.05) is 34.2 Å². The maximum atomic E-state index is 10.3. The standard InChI is InChI=1S/C5H11NO.C4H11N/c1-4-6(3)5(2)7;1-4-5(2)3/h4H2,1-3H3;4H2,1-3H3. The molecule has 0 aromatic rings. The fraction of sp³-hybridized carbons (Fsp3) is 0.889. The molecular formula is C9H22N2O. The molecular weight excluding hydrogens is 152 g/mol. The van der Waals surface area contributed by atoms with Gasteiger partial charge in [-0.2, -0.15) is 0 Å². The molecule has 12 heavy (non-hydrogen) atoms. The first-order valence-electron chi connectivity index (χ1n) is 4.32. The van der Waals surface area contributed by atoms with Gasteiger partial charge in [-0.1, -0.05) is 6.92 Å². The molecule has 1 amide bonds. The second-order valence-corrected chi connectivity index (χ2v) is 2.93. The second kappa shape index (κ2) is 8.53. The molecule has 74 valence electrons. The zero-order valence-electron chi connectivity index (χ0n) is 9.22. The van der Waals surface area contributed by atoms with E-state index in [0.717, 1.165) is 13.1 Å². The summed E-state index contributed by atoms with van der Waals surface area (Å²) in [6.45, 7) is 7.57. The number of hydrogen-bond acceptors (Lipinski definition) is 2. The maximum Gasteiger partial charge on any atom is 0.219 e. The predicted molar refractivity (Wildman–Crippen MR) is 53.2 cm³/mol. The van der Waals surface area contributed by atoms with E-state index in [1.54, 1.807) is 18.9 Å². The molecule has 0 radical (unpaired) electrons. The van der Waals surface area contributed by atoms with Crippen LogP contribution < -0.4 is 0 Å². The lowest BCUT2D eigenvalue weighted by atomic mass is 10.6. The molecule has 0 spiro atoms. The molecule has 0 aliphatic heterocycles. The van der Waals surface area contributed by atoms with Gasteiger partial charge in [-0.3, -0.25) is 4.79 Å². The molecule has 0 aliphatic carbocycles. The first-order valence-corrected chi connectivity index (χ1v) is 4.32. The number of hydrogen-bond donors (Lipinski definition) is 0. The monoisotopic (exact) mass is 174 g/mol. The summed E-state index contributed by atoms with van der Waals surface area (Å²) in [4.78, 5) is 14.1. The van der Waals surface area contributed by atoms with Gasteiger partial charge in [0.15, 0.2) is 0 Å². The van der Waals surface area contributed by atoms with Crippen molar-refractivity contribution in [2.24, 2.45) is 0 Å². The Bertz CT molecular complexity index is 113. The highest BCUT2D eigenvalue weighted by Gasteiger charge is 1.93. The molecule has 0 aliphatic rings. The molecule has 3 nitrogen and oxygen atoms in total. The fourth-order valence-electron chi connectivity index (χ4n) is 0.223. The van der Waals surface area contributed by atoms with Crippen molar-refractivity contribution in [3.63, 3.8) is 0 Å². The third kappa shape index (κ3) is 12.1. The molecule has 0 atom stereocenters. The smallest absolute Gasteiger partial charge is 0.219 e. The molecule has 0 saturated heterocycles. The van der Waals surface area contributed by atoms with Gasteiger partial charge in [0.2, 0.25) is 5.91 Å². The lowest BCUT2D eigenvalue weighted by Gasteiger charge is -2.09. The number of carbonyl (C=O) groups is 1. The molecule has 0 heterocycles. The summed E-state index contributed by atoms with van der Waals surface area (Å²) >= 11 is 0. The number of carbonyl (C=O) groups excluding carboxylic acids is 1. The van der Waals surface area contributed by atoms with Gasteiger partial charge in [0.25, 0.3) is 0 Å². The van der Waals surface area contributed by atoms with Crippen LogP contribution in [-0.4, -0.2) is 49.9 Å². The van der Waals surface area contributed by atoms with Crippen LogP contribution in [-0.2, 0) is 4.79 Å². The minimum absolute atomic E-state index is 0.127. The van der Waals surface area contributed by atoms with Gasteiger partial charge in [-0.05, 0) is 27.6 Å². The van der Waals surface area contributed by atoms with E-state index in [9.17, 15) is 4.79 Å². The molecule has 0 rings (SSSR count). The largest absolute Gasteiger partial charge is 0.346 e. The highest BCUT2D eigenvalue weighted by atomic mass is 16.2. The van der Waals surface area contributed by atoms with Crippen molar-refractivity contribution >= 4 is 5.91 Å². The Hall–Kier alpha value is -0.570. The van der Waals surface area contributed by atoms with Crippen LogP contribution in [0.4, 0.5) is 0 Å². The Labute approximate surface area is 76.3 Å². The quantitative estimate of drug-likeness (QED) is 0.625. The van der Waals surface area contributed by atoms with Crippen molar-refractivity contribution in [3.8, 4) is 0 Å². The second-order valence-electron chi connectivity index (χ2n) is 2.93. The Balaban J connectivity index is 0. The highest BCUT2D eigenvalue weighted by Crippen LogP contribution is 1.78. The molecule has 0 N–H and O–H groups in total. The van der Waals surface area contributed by atoms with E-state index in [0.29, 0.717) is 0 Å². The van der Waals surface area contributed by atoms with Crippen molar-refractivity contribution < 1.29 is 4.79 Å². The van der Waals surface area contributed by atoms with Gasteiger partial charge in [0.05, 0.1) is 0 Å². The van der Waals surface area contributed by atoms with Crippen LogP contribution in [0.15, 0.2) is 0 Å².